The summed E-state index contributed by atoms with van der Waals surface area (Å²) in [4.78, 5) is 12.7. The zero-order valence-corrected chi connectivity index (χ0v) is 17.1. The molecule has 0 atom stereocenters. The van der Waals surface area contributed by atoms with E-state index in [0.717, 1.165) is 44.2 Å². The third kappa shape index (κ3) is 5.90. The fraction of sp³-hybridized carbons (Fsp3) is 0.611. The van der Waals surface area contributed by atoms with Gasteiger partial charge >= 0.3 is 8.80 Å². The average molecular weight is 410 g/mol. The number of nitro benzene ring substituents is 1. The fourth-order valence-electron chi connectivity index (χ4n) is 3.47. The molecule has 154 valence electrons. The summed E-state index contributed by atoms with van der Waals surface area (Å²) in [5.41, 5.74) is 6.76. The number of hydrogen-bond donors (Lipinski definition) is 1. The van der Waals surface area contributed by atoms with Crippen molar-refractivity contribution in [3.8, 4) is 0 Å². The molecule has 0 aliphatic carbocycles. The van der Waals surface area contributed by atoms with Crippen LogP contribution in [0.5, 0.6) is 0 Å². The molecule has 10 heteroatoms. The van der Waals surface area contributed by atoms with Crippen molar-refractivity contribution >= 4 is 20.7 Å². The predicted octanol–water partition coefficient (Wildman–Crippen LogP) is 0.693. The molecule has 3 heterocycles. The molecule has 0 saturated carbocycles. The Kier molecular flexibility index (Phi) is 7.65. The van der Waals surface area contributed by atoms with Gasteiger partial charge in [0.1, 0.15) is 6.54 Å². The van der Waals surface area contributed by atoms with Gasteiger partial charge < -0.3 is 19.0 Å². The number of rotatable bonds is 8. The second-order valence-electron chi connectivity index (χ2n) is 6.98. The zero-order chi connectivity index (χ0) is 19.8. The molecule has 1 aromatic carbocycles. The van der Waals surface area contributed by atoms with Gasteiger partial charge in [0.05, 0.1) is 31.3 Å². The van der Waals surface area contributed by atoms with Crippen LogP contribution < -0.4 is 5.73 Å². The lowest BCUT2D eigenvalue weighted by Crippen LogP contribution is -2.55. The van der Waals surface area contributed by atoms with Crippen LogP contribution in [0.4, 0.5) is 5.69 Å². The van der Waals surface area contributed by atoms with Crippen LogP contribution in [0.3, 0.4) is 0 Å². The number of hydrogen-bond acceptors (Lipinski definition) is 7. The highest BCUT2D eigenvalue weighted by molar-refractivity contribution is 6.60. The van der Waals surface area contributed by atoms with E-state index in [1.807, 2.05) is 6.21 Å². The second-order valence-corrected chi connectivity index (χ2v) is 9.71. The number of nitrogens with zero attached hydrogens (tertiary/aromatic N) is 3. The van der Waals surface area contributed by atoms with Crippen molar-refractivity contribution in [3.05, 3.63) is 39.9 Å². The van der Waals surface area contributed by atoms with Crippen molar-refractivity contribution in [3.63, 3.8) is 0 Å². The van der Waals surface area contributed by atoms with E-state index in [2.05, 4.69) is 9.48 Å². The number of non-ortho nitro benzene ring substituents is 1. The zero-order valence-electron chi connectivity index (χ0n) is 16.1. The molecule has 9 nitrogen and oxygen atoms in total. The van der Waals surface area contributed by atoms with Crippen LogP contribution in [0, 0.1) is 10.1 Å². The van der Waals surface area contributed by atoms with Crippen LogP contribution in [0.1, 0.15) is 12.0 Å². The third-order valence-electron chi connectivity index (χ3n) is 4.97. The smallest absolute Gasteiger partial charge is 0.372 e. The summed E-state index contributed by atoms with van der Waals surface area (Å²) < 4.78 is 20.4. The predicted molar refractivity (Wildman–Crippen MR) is 107 cm³/mol. The lowest BCUT2D eigenvalue weighted by atomic mass is 10.2. The van der Waals surface area contributed by atoms with E-state index >= 15 is 0 Å². The van der Waals surface area contributed by atoms with Crippen LogP contribution >= 0.6 is 0 Å². The van der Waals surface area contributed by atoms with E-state index in [1.54, 1.807) is 12.1 Å². The number of fused-ring (bicyclic) bond motifs is 6. The maximum atomic E-state index is 10.8. The summed E-state index contributed by atoms with van der Waals surface area (Å²) in [6, 6.07) is 7.31. The van der Waals surface area contributed by atoms with Gasteiger partial charge in [-0.1, -0.05) is 0 Å². The maximum Gasteiger partial charge on any atom is 0.501 e. The van der Waals surface area contributed by atoms with Gasteiger partial charge in [0.15, 0.2) is 12.8 Å². The van der Waals surface area contributed by atoms with E-state index in [1.165, 1.54) is 12.1 Å². The fourth-order valence-corrected chi connectivity index (χ4v) is 5.95. The molecule has 4 rings (SSSR count). The molecule has 3 aliphatic rings. The Balaban J connectivity index is 1.60. The highest BCUT2D eigenvalue weighted by atomic mass is 28.4. The van der Waals surface area contributed by atoms with Crippen molar-refractivity contribution in [2.75, 3.05) is 59.1 Å². The van der Waals surface area contributed by atoms with Gasteiger partial charge in [-0.25, -0.2) is 4.58 Å². The molecule has 0 unspecified atom stereocenters. The van der Waals surface area contributed by atoms with E-state index in [9.17, 15) is 10.1 Å². The first-order valence-electron chi connectivity index (χ1n) is 9.78. The number of nitrogens with two attached hydrogens (primary N) is 1. The molecule has 3 aliphatic heterocycles. The Morgan fingerprint density at radius 2 is 1.68 bits per heavy atom. The Morgan fingerprint density at radius 1 is 1.07 bits per heavy atom. The largest absolute Gasteiger partial charge is 0.501 e. The minimum atomic E-state index is -2.60. The first-order chi connectivity index (χ1) is 13.6. The van der Waals surface area contributed by atoms with Crippen molar-refractivity contribution in [2.45, 2.75) is 12.5 Å². The molecule has 2 N–H and O–H groups in total. The molecule has 0 radical (unpaired) electrons. The average Bonchev–Trinajstić information content (AvgIpc) is 2.62. The van der Waals surface area contributed by atoms with Crippen LogP contribution in [-0.2, 0) is 13.3 Å². The standard InChI is InChI=1S/C18H29N4O5Si/c19-6-8-21(16-17-2-4-18(5-3-17)22(23)24)7-1-15-28-25-12-9-20(10-13-26-28)11-14-27-28/h2-5,16H,1,6-15,19H2/q+1. The van der Waals surface area contributed by atoms with Crippen LogP contribution in [0.2, 0.25) is 6.04 Å². The summed E-state index contributed by atoms with van der Waals surface area (Å²) in [6.45, 7) is 6.84. The molecular formula is C18H29N4O5Si+. The van der Waals surface area contributed by atoms with E-state index in [4.69, 9.17) is 19.0 Å². The van der Waals surface area contributed by atoms with Gasteiger partial charge in [0, 0.05) is 49.8 Å². The molecule has 0 spiro atoms. The lowest BCUT2D eigenvalue weighted by molar-refractivity contribution is -0.520. The number of benzene rings is 1. The van der Waals surface area contributed by atoms with Crippen LogP contribution in [0.15, 0.2) is 24.3 Å². The third-order valence-corrected chi connectivity index (χ3v) is 7.87. The minimum absolute atomic E-state index is 0.0891. The molecule has 0 amide bonds. The quantitative estimate of drug-likeness (QED) is 0.222. The molecular weight excluding hydrogens is 380 g/mol. The van der Waals surface area contributed by atoms with E-state index in [-0.39, 0.29) is 5.69 Å². The molecule has 28 heavy (non-hydrogen) atoms. The van der Waals surface area contributed by atoms with Gasteiger partial charge in [-0.05, 0) is 12.1 Å². The molecule has 3 fully saturated rings. The lowest BCUT2D eigenvalue weighted by Gasteiger charge is -2.38. The SMILES string of the molecule is NCC[N+](=Cc1ccc([N+](=O)[O-])cc1)CCC[Si]12OCCN(CCO1)CCO2. The van der Waals surface area contributed by atoms with E-state index in [0.29, 0.717) is 32.9 Å². The van der Waals surface area contributed by atoms with Gasteiger partial charge in [-0.3, -0.25) is 15.0 Å². The first kappa shape index (κ1) is 21.0. The van der Waals surface area contributed by atoms with Gasteiger partial charge in [0.25, 0.3) is 5.69 Å². The highest BCUT2D eigenvalue weighted by Crippen LogP contribution is 2.21. The second kappa shape index (κ2) is 10.2. The summed E-state index contributed by atoms with van der Waals surface area (Å²) in [7, 11) is -2.60. The van der Waals surface area contributed by atoms with Crippen molar-refractivity contribution in [1.82, 2.24) is 4.90 Å². The van der Waals surface area contributed by atoms with Gasteiger partial charge in [0.2, 0.25) is 0 Å². The topological polar surface area (TPSA) is 103 Å². The first-order valence-corrected chi connectivity index (χ1v) is 11.7. The van der Waals surface area contributed by atoms with E-state index < -0.39 is 13.7 Å². The molecule has 0 aromatic heterocycles. The Morgan fingerprint density at radius 3 is 2.21 bits per heavy atom. The van der Waals surface area contributed by atoms with Crippen LogP contribution in [0.25, 0.3) is 0 Å². The molecule has 1 aromatic rings. The Hall–Kier alpha value is -1.69. The van der Waals surface area contributed by atoms with Gasteiger partial charge in [-0.2, -0.15) is 0 Å². The highest BCUT2D eigenvalue weighted by Gasteiger charge is 2.43. The van der Waals surface area contributed by atoms with Gasteiger partial charge in [-0.15, -0.1) is 0 Å². The monoisotopic (exact) mass is 409 g/mol. The molecule has 2 bridgehead atoms. The summed E-state index contributed by atoms with van der Waals surface area (Å²) in [6.07, 6.45) is 2.87. The minimum Gasteiger partial charge on any atom is -0.372 e. The Labute approximate surface area is 166 Å². The van der Waals surface area contributed by atoms with Crippen molar-refractivity contribution in [1.29, 1.82) is 0 Å². The summed E-state index contributed by atoms with van der Waals surface area (Å²) in [5.74, 6) is 0. The Bertz CT molecular complexity index is 659. The molecule has 3 saturated heterocycles. The van der Waals surface area contributed by atoms with Crippen LogP contribution in [-0.4, -0.2) is 88.5 Å². The van der Waals surface area contributed by atoms with Crippen molar-refractivity contribution < 1.29 is 22.8 Å². The summed E-state index contributed by atoms with van der Waals surface area (Å²) in [5, 5.41) is 10.8. The number of nitro groups is 1. The summed E-state index contributed by atoms with van der Waals surface area (Å²) >= 11 is 0. The van der Waals surface area contributed by atoms with Crippen molar-refractivity contribution in [2.24, 2.45) is 5.73 Å². The maximum absolute atomic E-state index is 10.8. The normalized spacial score (nSPS) is 25.8.